The highest BCUT2D eigenvalue weighted by Crippen LogP contribution is 2.28. The number of nitrogens with zero attached hydrogens (tertiary/aromatic N) is 2. The second-order valence-corrected chi connectivity index (χ2v) is 4.03. The predicted octanol–water partition coefficient (Wildman–Crippen LogP) is 0.580. The van der Waals surface area contributed by atoms with Crippen LogP contribution in [0.2, 0.25) is 0 Å². The quantitative estimate of drug-likeness (QED) is 0.784. The van der Waals surface area contributed by atoms with Gasteiger partial charge in [0.1, 0.15) is 6.26 Å². The van der Waals surface area contributed by atoms with Gasteiger partial charge in [0.2, 0.25) is 0 Å². The van der Waals surface area contributed by atoms with E-state index in [1.54, 1.807) is 0 Å². The number of carbonyl (C=O) groups is 1. The van der Waals surface area contributed by atoms with Crippen LogP contribution >= 0.6 is 0 Å². The van der Waals surface area contributed by atoms with Crippen LogP contribution in [0.25, 0.3) is 0 Å². The zero-order valence-electron chi connectivity index (χ0n) is 8.96. The van der Waals surface area contributed by atoms with Crippen molar-refractivity contribution in [3.05, 3.63) is 12.0 Å². The maximum atomic E-state index is 10.7. The van der Waals surface area contributed by atoms with Gasteiger partial charge in [0, 0.05) is 6.54 Å². The van der Waals surface area contributed by atoms with Crippen LogP contribution in [0.3, 0.4) is 0 Å². The molecule has 0 aromatic carbocycles. The highest BCUT2D eigenvalue weighted by atomic mass is 16.4. The molecular weight excluding hydrogens is 212 g/mol. The summed E-state index contributed by atoms with van der Waals surface area (Å²) in [5, 5.41) is 18.0. The third kappa shape index (κ3) is 1.76. The van der Waals surface area contributed by atoms with Crippen molar-refractivity contribution in [2.75, 3.05) is 18.1 Å². The second-order valence-electron chi connectivity index (χ2n) is 4.03. The molecule has 2 atom stereocenters. The van der Waals surface area contributed by atoms with Crippen LogP contribution < -0.4 is 4.90 Å². The summed E-state index contributed by atoms with van der Waals surface area (Å²) in [6.45, 7) is 2.79. The molecule has 1 fully saturated rings. The first-order chi connectivity index (χ1) is 7.63. The number of hydrogen-bond donors (Lipinski definition) is 2. The Labute approximate surface area is 92.5 Å². The van der Waals surface area contributed by atoms with Gasteiger partial charge in [-0.3, -0.25) is 0 Å². The van der Waals surface area contributed by atoms with Crippen molar-refractivity contribution in [1.82, 2.24) is 4.98 Å². The van der Waals surface area contributed by atoms with Crippen molar-refractivity contribution in [3.63, 3.8) is 0 Å². The van der Waals surface area contributed by atoms with Crippen LogP contribution in [0, 0.1) is 5.92 Å². The lowest BCUT2D eigenvalue weighted by atomic mass is 10.0. The summed E-state index contributed by atoms with van der Waals surface area (Å²) in [7, 11) is 0. The highest BCUT2D eigenvalue weighted by molar-refractivity contribution is 5.85. The van der Waals surface area contributed by atoms with Crippen molar-refractivity contribution >= 4 is 12.0 Å². The standard InChI is InChI=1S/C10H14N2O4/c1-6-2-3-12(8(6)4-13)10-11-7(5-16-10)9(14)15/h5-6,8,13H,2-4H2,1H3,(H,14,15). The van der Waals surface area contributed by atoms with Crippen LogP contribution in [-0.4, -0.2) is 40.4 Å². The average molecular weight is 226 g/mol. The first-order valence-electron chi connectivity index (χ1n) is 5.19. The molecule has 2 heterocycles. The summed E-state index contributed by atoms with van der Waals surface area (Å²) < 4.78 is 5.11. The van der Waals surface area contributed by atoms with Crippen molar-refractivity contribution in [1.29, 1.82) is 0 Å². The van der Waals surface area contributed by atoms with E-state index in [2.05, 4.69) is 4.98 Å². The molecule has 1 aliphatic heterocycles. The smallest absolute Gasteiger partial charge is 0.357 e. The molecule has 2 unspecified atom stereocenters. The van der Waals surface area contributed by atoms with Gasteiger partial charge in [0.15, 0.2) is 5.69 Å². The van der Waals surface area contributed by atoms with Gasteiger partial charge >= 0.3 is 5.97 Å². The lowest BCUT2D eigenvalue weighted by Gasteiger charge is -2.22. The minimum atomic E-state index is -1.11. The van der Waals surface area contributed by atoms with Gasteiger partial charge in [-0.2, -0.15) is 4.98 Å². The fraction of sp³-hybridized carbons (Fsp3) is 0.600. The number of oxazole rings is 1. The van der Waals surface area contributed by atoms with E-state index in [1.165, 1.54) is 0 Å². The van der Waals surface area contributed by atoms with Crippen molar-refractivity contribution < 1.29 is 19.4 Å². The largest absolute Gasteiger partial charge is 0.476 e. The van der Waals surface area contributed by atoms with E-state index in [1.807, 2.05) is 11.8 Å². The third-order valence-electron chi connectivity index (χ3n) is 3.03. The minimum absolute atomic E-state index is 0.0198. The Morgan fingerprint density at radius 3 is 3.06 bits per heavy atom. The van der Waals surface area contributed by atoms with E-state index in [4.69, 9.17) is 9.52 Å². The summed E-state index contributed by atoms with van der Waals surface area (Å²) in [4.78, 5) is 16.3. The normalized spacial score (nSPS) is 25.0. The van der Waals surface area contributed by atoms with Crippen LogP contribution in [0.15, 0.2) is 10.7 Å². The molecule has 0 amide bonds. The second kappa shape index (κ2) is 4.13. The van der Waals surface area contributed by atoms with Gasteiger partial charge in [-0.1, -0.05) is 6.92 Å². The molecule has 1 aliphatic rings. The summed E-state index contributed by atoms with van der Waals surface area (Å²) >= 11 is 0. The first kappa shape index (κ1) is 10.9. The fourth-order valence-corrected chi connectivity index (χ4v) is 2.02. The number of rotatable bonds is 3. The van der Waals surface area contributed by atoms with E-state index < -0.39 is 5.97 Å². The SMILES string of the molecule is CC1CCN(c2nc(C(=O)O)co2)C1CO. The number of carboxylic acids is 1. The first-order valence-corrected chi connectivity index (χ1v) is 5.19. The molecule has 0 aliphatic carbocycles. The summed E-state index contributed by atoms with van der Waals surface area (Å²) in [5.41, 5.74) is -0.105. The predicted molar refractivity (Wildman–Crippen MR) is 55.5 cm³/mol. The number of anilines is 1. The topological polar surface area (TPSA) is 86.8 Å². The number of aliphatic hydroxyl groups is 1. The molecule has 16 heavy (non-hydrogen) atoms. The van der Waals surface area contributed by atoms with E-state index >= 15 is 0 Å². The maximum Gasteiger partial charge on any atom is 0.357 e. The Kier molecular flexibility index (Phi) is 2.82. The molecule has 0 radical (unpaired) electrons. The van der Waals surface area contributed by atoms with Gasteiger partial charge in [0.05, 0.1) is 12.6 Å². The Bertz CT molecular complexity index is 390. The maximum absolute atomic E-state index is 10.7. The van der Waals surface area contributed by atoms with Gasteiger partial charge < -0.3 is 19.5 Å². The van der Waals surface area contributed by atoms with E-state index in [9.17, 15) is 9.90 Å². The molecule has 6 heteroatoms. The van der Waals surface area contributed by atoms with Crippen LogP contribution in [0.5, 0.6) is 0 Å². The molecule has 6 nitrogen and oxygen atoms in total. The van der Waals surface area contributed by atoms with Gasteiger partial charge in [-0.25, -0.2) is 4.79 Å². The van der Waals surface area contributed by atoms with Gasteiger partial charge in [0.25, 0.3) is 6.01 Å². The lowest BCUT2D eigenvalue weighted by Crippen LogP contribution is -2.35. The number of aromatic carboxylic acids is 1. The fourth-order valence-electron chi connectivity index (χ4n) is 2.02. The lowest BCUT2D eigenvalue weighted by molar-refractivity contribution is 0.0690. The monoisotopic (exact) mass is 226 g/mol. The molecule has 2 N–H and O–H groups in total. The summed E-state index contributed by atoms with van der Waals surface area (Å²) in [6.07, 6.45) is 2.06. The molecule has 1 aromatic heterocycles. The number of carboxylic acid groups (broad SMARTS) is 1. The third-order valence-corrected chi connectivity index (χ3v) is 3.03. The molecular formula is C10H14N2O4. The number of aliphatic hydroxyl groups excluding tert-OH is 1. The summed E-state index contributed by atoms with van der Waals surface area (Å²) in [5.74, 6) is -0.757. The number of hydrogen-bond acceptors (Lipinski definition) is 5. The Hall–Kier alpha value is -1.56. The molecule has 1 saturated heterocycles. The average Bonchev–Trinajstić information content (AvgIpc) is 2.83. The molecule has 88 valence electrons. The summed E-state index contributed by atoms with van der Waals surface area (Å²) in [6, 6.07) is 0.237. The Morgan fingerprint density at radius 2 is 2.50 bits per heavy atom. The van der Waals surface area contributed by atoms with E-state index in [0.29, 0.717) is 5.92 Å². The molecule has 0 saturated carbocycles. The van der Waals surface area contributed by atoms with E-state index in [-0.39, 0.29) is 24.4 Å². The van der Waals surface area contributed by atoms with Crippen molar-refractivity contribution in [3.8, 4) is 0 Å². The minimum Gasteiger partial charge on any atom is -0.476 e. The molecule has 0 spiro atoms. The van der Waals surface area contributed by atoms with Crippen LogP contribution in [0.4, 0.5) is 6.01 Å². The zero-order chi connectivity index (χ0) is 11.7. The van der Waals surface area contributed by atoms with E-state index in [0.717, 1.165) is 19.2 Å². The molecule has 0 bridgehead atoms. The Morgan fingerprint density at radius 1 is 1.75 bits per heavy atom. The number of aromatic nitrogens is 1. The van der Waals surface area contributed by atoms with Crippen molar-refractivity contribution in [2.45, 2.75) is 19.4 Å². The molecule has 1 aromatic rings. The van der Waals surface area contributed by atoms with Gasteiger partial charge in [-0.15, -0.1) is 0 Å². The molecule has 2 rings (SSSR count). The highest BCUT2D eigenvalue weighted by Gasteiger charge is 2.33. The Balaban J connectivity index is 2.20. The van der Waals surface area contributed by atoms with Crippen molar-refractivity contribution in [2.24, 2.45) is 5.92 Å². The zero-order valence-corrected chi connectivity index (χ0v) is 8.96. The van der Waals surface area contributed by atoms with Crippen LogP contribution in [-0.2, 0) is 0 Å². The van der Waals surface area contributed by atoms with Crippen LogP contribution in [0.1, 0.15) is 23.8 Å². The van der Waals surface area contributed by atoms with Gasteiger partial charge in [-0.05, 0) is 12.3 Å².